The average Bonchev–Trinajstić information content (AvgIpc) is 2.47. The van der Waals surface area contributed by atoms with E-state index in [0.717, 1.165) is 31.7 Å². The minimum atomic E-state index is -0.0118. The molecule has 0 spiro atoms. The first-order valence-electron chi connectivity index (χ1n) is 6.36. The first-order chi connectivity index (χ1) is 9.22. The molecule has 1 aliphatic heterocycles. The maximum Gasteiger partial charge on any atom is 0.272 e. The molecule has 19 heavy (non-hydrogen) atoms. The first kappa shape index (κ1) is 14.7. The summed E-state index contributed by atoms with van der Waals surface area (Å²) in [5.41, 5.74) is 1.39. The van der Waals surface area contributed by atoms with Gasteiger partial charge < -0.3 is 9.64 Å². The summed E-state index contributed by atoms with van der Waals surface area (Å²) in [5.74, 6) is -0.0118. The van der Waals surface area contributed by atoms with Crippen LogP contribution in [0.1, 0.15) is 29.0 Å². The zero-order valence-electron chi connectivity index (χ0n) is 10.9. The molecule has 104 valence electrons. The van der Waals surface area contributed by atoms with Gasteiger partial charge in [0.05, 0.1) is 5.69 Å². The Morgan fingerprint density at radius 3 is 2.95 bits per heavy atom. The second-order valence-corrected chi connectivity index (χ2v) is 5.35. The van der Waals surface area contributed by atoms with Crippen molar-refractivity contribution >= 4 is 28.8 Å². The smallest absolute Gasteiger partial charge is 0.272 e. The monoisotopic (exact) mass is 375 g/mol. The summed E-state index contributed by atoms with van der Waals surface area (Å²) in [4.78, 5) is 18.6. The SMILES string of the molecule is CN(C(=O)c1cccc(CNI)n1)C1CCOCC1. The summed E-state index contributed by atoms with van der Waals surface area (Å²) < 4.78 is 8.33. The van der Waals surface area contributed by atoms with Gasteiger partial charge in [-0.15, -0.1) is 0 Å². The number of ether oxygens (including phenoxy) is 1. The highest BCUT2D eigenvalue weighted by atomic mass is 127. The number of rotatable bonds is 4. The zero-order valence-corrected chi connectivity index (χ0v) is 13.1. The lowest BCUT2D eigenvalue weighted by molar-refractivity contribution is 0.0358. The van der Waals surface area contributed by atoms with E-state index in [0.29, 0.717) is 12.2 Å². The topological polar surface area (TPSA) is 54.5 Å². The van der Waals surface area contributed by atoms with Gasteiger partial charge >= 0.3 is 0 Å². The molecule has 1 N–H and O–H groups in total. The lowest BCUT2D eigenvalue weighted by Gasteiger charge is -2.31. The molecule has 1 aromatic heterocycles. The number of amides is 1. The van der Waals surface area contributed by atoms with E-state index in [-0.39, 0.29) is 11.9 Å². The number of carbonyl (C=O) groups excluding carboxylic acids is 1. The highest BCUT2D eigenvalue weighted by molar-refractivity contribution is 14.1. The third-order valence-electron chi connectivity index (χ3n) is 3.33. The Morgan fingerprint density at radius 1 is 1.53 bits per heavy atom. The number of halogens is 1. The minimum absolute atomic E-state index is 0.0118. The second kappa shape index (κ2) is 7.16. The molecule has 0 bridgehead atoms. The molecule has 0 radical (unpaired) electrons. The maximum absolute atomic E-state index is 12.4. The van der Waals surface area contributed by atoms with Crippen molar-refractivity contribution in [2.24, 2.45) is 0 Å². The molecule has 1 saturated heterocycles. The summed E-state index contributed by atoms with van der Waals surface area (Å²) in [5, 5.41) is 0. The van der Waals surface area contributed by atoms with Gasteiger partial charge in [0.25, 0.3) is 5.91 Å². The van der Waals surface area contributed by atoms with Crippen molar-refractivity contribution in [3.8, 4) is 0 Å². The first-order valence-corrected chi connectivity index (χ1v) is 7.44. The number of nitrogens with one attached hydrogen (secondary N) is 1. The maximum atomic E-state index is 12.4. The summed E-state index contributed by atoms with van der Waals surface area (Å²) in [7, 11) is 1.85. The molecule has 0 atom stereocenters. The molecule has 0 saturated carbocycles. The van der Waals surface area contributed by atoms with Crippen LogP contribution in [0.2, 0.25) is 0 Å². The third kappa shape index (κ3) is 3.87. The van der Waals surface area contributed by atoms with Crippen LogP contribution < -0.4 is 3.53 Å². The van der Waals surface area contributed by atoms with Crippen LogP contribution in [0.5, 0.6) is 0 Å². The van der Waals surface area contributed by atoms with E-state index in [1.807, 2.05) is 19.2 Å². The van der Waals surface area contributed by atoms with Crippen LogP contribution in [0.3, 0.4) is 0 Å². The Bertz CT molecular complexity index is 436. The second-order valence-electron chi connectivity index (χ2n) is 4.58. The van der Waals surface area contributed by atoms with E-state index >= 15 is 0 Å². The highest BCUT2D eigenvalue weighted by Gasteiger charge is 2.24. The van der Waals surface area contributed by atoms with Crippen molar-refractivity contribution in [1.82, 2.24) is 13.4 Å². The zero-order chi connectivity index (χ0) is 13.7. The van der Waals surface area contributed by atoms with E-state index < -0.39 is 0 Å². The third-order valence-corrected chi connectivity index (χ3v) is 3.71. The number of hydrogen-bond donors (Lipinski definition) is 1. The Labute approximate surface area is 127 Å². The molecule has 2 heterocycles. The largest absolute Gasteiger partial charge is 0.381 e. The van der Waals surface area contributed by atoms with Gasteiger partial charge in [-0.1, -0.05) is 6.07 Å². The van der Waals surface area contributed by atoms with E-state index in [4.69, 9.17) is 4.74 Å². The van der Waals surface area contributed by atoms with Crippen LogP contribution >= 0.6 is 22.9 Å². The lowest BCUT2D eigenvalue weighted by atomic mass is 10.1. The van der Waals surface area contributed by atoms with Gasteiger partial charge in [-0.05, 0) is 25.0 Å². The van der Waals surface area contributed by atoms with Gasteiger partial charge in [-0.3, -0.25) is 8.32 Å². The van der Waals surface area contributed by atoms with Crippen LogP contribution in [0.25, 0.3) is 0 Å². The van der Waals surface area contributed by atoms with Crippen LogP contribution in [-0.2, 0) is 11.3 Å². The minimum Gasteiger partial charge on any atom is -0.381 e. The average molecular weight is 375 g/mol. The molecule has 5 nitrogen and oxygen atoms in total. The molecule has 1 fully saturated rings. The van der Waals surface area contributed by atoms with Gasteiger partial charge in [0.15, 0.2) is 0 Å². The van der Waals surface area contributed by atoms with Crippen molar-refractivity contribution < 1.29 is 9.53 Å². The van der Waals surface area contributed by atoms with Crippen molar-refractivity contribution in [2.45, 2.75) is 25.4 Å². The predicted octanol–water partition coefficient (Wildman–Crippen LogP) is 1.77. The summed E-state index contributed by atoms with van der Waals surface area (Å²) in [6, 6.07) is 5.82. The van der Waals surface area contributed by atoms with Crippen molar-refractivity contribution in [3.63, 3.8) is 0 Å². The standard InChI is InChI=1S/C13H18IN3O2/c1-17(11-5-7-19-8-6-11)13(18)12-4-2-3-10(16-12)9-15-14/h2-4,11,15H,5-9H2,1H3. The summed E-state index contributed by atoms with van der Waals surface area (Å²) in [6.07, 6.45) is 1.80. The van der Waals surface area contributed by atoms with Gasteiger partial charge in [0.1, 0.15) is 5.69 Å². The Morgan fingerprint density at radius 2 is 2.26 bits per heavy atom. The molecule has 0 aromatic carbocycles. The lowest BCUT2D eigenvalue weighted by Crippen LogP contribution is -2.41. The van der Waals surface area contributed by atoms with E-state index in [1.165, 1.54) is 0 Å². The molecule has 6 heteroatoms. The van der Waals surface area contributed by atoms with E-state index in [1.54, 1.807) is 11.0 Å². The molecule has 0 unspecified atom stereocenters. The van der Waals surface area contributed by atoms with Gasteiger partial charge in [-0.25, -0.2) is 4.98 Å². The summed E-state index contributed by atoms with van der Waals surface area (Å²) in [6.45, 7) is 2.12. The Balaban J connectivity index is 2.07. The van der Waals surface area contributed by atoms with Gasteiger partial charge in [-0.2, -0.15) is 0 Å². The molecule has 1 aromatic rings. The normalized spacial score (nSPS) is 16.3. The molecule has 1 aliphatic rings. The van der Waals surface area contributed by atoms with Crippen LogP contribution in [-0.4, -0.2) is 42.1 Å². The van der Waals surface area contributed by atoms with Gasteiger partial charge in [0, 0.05) is 55.7 Å². The molecule has 0 aliphatic carbocycles. The number of hydrogen-bond acceptors (Lipinski definition) is 4. The number of pyridine rings is 1. The predicted molar refractivity (Wildman–Crippen MR) is 81.0 cm³/mol. The Kier molecular flexibility index (Phi) is 5.53. The van der Waals surface area contributed by atoms with E-state index in [2.05, 4.69) is 31.4 Å². The van der Waals surface area contributed by atoms with E-state index in [9.17, 15) is 4.79 Å². The fourth-order valence-electron chi connectivity index (χ4n) is 2.18. The van der Waals surface area contributed by atoms with Crippen LogP contribution in [0, 0.1) is 0 Å². The number of aromatic nitrogens is 1. The highest BCUT2D eigenvalue weighted by Crippen LogP contribution is 2.15. The quantitative estimate of drug-likeness (QED) is 0.644. The molecule has 1 amide bonds. The molecule has 2 rings (SSSR count). The molecular formula is C13H18IN3O2. The van der Waals surface area contributed by atoms with Crippen molar-refractivity contribution in [3.05, 3.63) is 29.6 Å². The summed E-state index contributed by atoms with van der Waals surface area (Å²) >= 11 is 2.07. The fraction of sp³-hybridized carbons (Fsp3) is 0.538. The molecular weight excluding hydrogens is 357 g/mol. The fourth-order valence-corrected chi connectivity index (χ4v) is 2.58. The van der Waals surface area contributed by atoms with Crippen molar-refractivity contribution in [2.75, 3.05) is 20.3 Å². The van der Waals surface area contributed by atoms with Gasteiger partial charge in [0.2, 0.25) is 0 Å². The number of carbonyl (C=O) groups is 1. The number of nitrogens with zero attached hydrogens (tertiary/aromatic N) is 2. The Hall–Kier alpha value is -0.730. The van der Waals surface area contributed by atoms with Crippen LogP contribution in [0.15, 0.2) is 18.2 Å². The van der Waals surface area contributed by atoms with Crippen molar-refractivity contribution in [1.29, 1.82) is 0 Å². The van der Waals surface area contributed by atoms with Crippen LogP contribution in [0.4, 0.5) is 0 Å².